The molecule has 0 saturated carbocycles. The number of hydrogen-bond donors (Lipinski definition) is 2. The highest BCUT2D eigenvalue weighted by Gasteiger charge is 2.22. The summed E-state index contributed by atoms with van der Waals surface area (Å²) in [5.41, 5.74) is 1.03. The highest BCUT2D eigenvalue weighted by atomic mass is 32.1. The third-order valence-corrected chi connectivity index (χ3v) is 5.98. The summed E-state index contributed by atoms with van der Waals surface area (Å²) < 4.78 is 30.2. The van der Waals surface area contributed by atoms with Gasteiger partial charge in [-0.2, -0.15) is 4.68 Å². The maximum atomic E-state index is 14.0. The first-order valence-electron chi connectivity index (χ1n) is 9.03. The normalized spacial score (nSPS) is 15.0. The molecule has 4 rings (SSSR count). The van der Waals surface area contributed by atoms with Crippen molar-refractivity contribution in [2.45, 2.75) is 6.67 Å². The smallest absolute Gasteiger partial charge is 0.209 e. The SMILES string of the molecule is Fc1ccccc1Nc1nn(C[NH+]2CCN(c3ccccc3F)CC2)c(=S)s1. The maximum Gasteiger partial charge on any atom is 0.209 e. The van der Waals surface area contributed by atoms with E-state index in [0.29, 0.717) is 27.1 Å². The number of nitrogens with zero attached hydrogens (tertiary/aromatic N) is 3. The van der Waals surface area contributed by atoms with Crippen LogP contribution in [-0.4, -0.2) is 36.0 Å². The fourth-order valence-corrected chi connectivity index (χ4v) is 4.30. The summed E-state index contributed by atoms with van der Waals surface area (Å²) >= 11 is 6.74. The Hall–Kier alpha value is -2.36. The van der Waals surface area contributed by atoms with E-state index in [1.54, 1.807) is 28.9 Å². The summed E-state index contributed by atoms with van der Waals surface area (Å²) in [5.74, 6) is -0.512. The van der Waals surface area contributed by atoms with Crippen LogP contribution in [0, 0.1) is 15.6 Å². The largest absolute Gasteiger partial charge is 0.358 e. The van der Waals surface area contributed by atoms with Crippen LogP contribution in [0.4, 0.5) is 25.3 Å². The lowest BCUT2D eigenvalue weighted by atomic mass is 10.2. The Morgan fingerprint density at radius 3 is 2.43 bits per heavy atom. The van der Waals surface area contributed by atoms with Crippen molar-refractivity contribution in [3.63, 3.8) is 0 Å². The van der Waals surface area contributed by atoms with E-state index < -0.39 is 0 Å². The summed E-state index contributed by atoms with van der Waals surface area (Å²) in [5, 5.41) is 8.05. The minimum atomic E-state index is -0.329. The van der Waals surface area contributed by atoms with Crippen LogP contribution in [-0.2, 0) is 6.67 Å². The first kappa shape index (κ1) is 19.0. The van der Waals surface area contributed by atoms with Gasteiger partial charge in [-0.25, -0.2) is 8.78 Å². The number of hydrogen-bond acceptors (Lipinski definition) is 5. The number of nitrogens with one attached hydrogen (secondary N) is 2. The van der Waals surface area contributed by atoms with Crippen LogP contribution in [0.15, 0.2) is 48.5 Å². The quantitative estimate of drug-likeness (QED) is 0.623. The van der Waals surface area contributed by atoms with Crippen molar-refractivity contribution in [1.29, 1.82) is 0 Å². The second-order valence-corrected chi connectivity index (χ2v) is 8.25. The molecule has 2 heterocycles. The van der Waals surface area contributed by atoms with Gasteiger partial charge in [-0.1, -0.05) is 35.6 Å². The standard InChI is InChI=1S/C19H19F2N5S2/c20-14-5-1-3-7-16(14)22-18-23-26(19(27)28-18)13-24-9-11-25(12-10-24)17-8-4-2-6-15(17)21/h1-8H,9-13H2,(H,22,23)/p+1. The van der Waals surface area contributed by atoms with Gasteiger partial charge in [0.25, 0.3) is 0 Å². The fraction of sp³-hybridized carbons (Fsp3) is 0.263. The predicted octanol–water partition coefficient (Wildman–Crippen LogP) is 3.06. The van der Waals surface area contributed by atoms with Crippen molar-refractivity contribution in [2.75, 3.05) is 36.4 Å². The molecule has 0 radical (unpaired) electrons. The Morgan fingerprint density at radius 2 is 1.71 bits per heavy atom. The van der Waals surface area contributed by atoms with Crippen molar-refractivity contribution in [1.82, 2.24) is 9.78 Å². The van der Waals surface area contributed by atoms with Gasteiger partial charge in [0.05, 0.1) is 37.6 Å². The van der Waals surface area contributed by atoms with Crippen LogP contribution >= 0.6 is 23.6 Å². The Labute approximate surface area is 170 Å². The highest BCUT2D eigenvalue weighted by molar-refractivity contribution is 7.73. The lowest BCUT2D eigenvalue weighted by Crippen LogP contribution is -3.14. The highest BCUT2D eigenvalue weighted by Crippen LogP contribution is 2.22. The number of quaternary nitrogens is 1. The maximum absolute atomic E-state index is 14.0. The zero-order valence-corrected chi connectivity index (χ0v) is 16.7. The number of para-hydroxylation sites is 2. The molecule has 5 nitrogen and oxygen atoms in total. The number of halogens is 2. The molecule has 0 spiro atoms. The molecule has 0 amide bonds. The molecule has 0 aliphatic carbocycles. The Balaban J connectivity index is 1.38. The van der Waals surface area contributed by atoms with Gasteiger partial charge in [0.1, 0.15) is 11.6 Å². The average molecular weight is 421 g/mol. The second-order valence-electron chi connectivity index (χ2n) is 6.62. The lowest BCUT2D eigenvalue weighted by molar-refractivity contribution is -0.924. The monoisotopic (exact) mass is 420 g/mol. The van der Waals surface area contributed by atoms with Crippen molar-refractivity contribution in [3.8, 4) is 0 Å². The summed E-state index contributed by atoms with van der Waals surface area (Å²) in [6, 6.07) is 13.3. The third-order valence-electron chi connectivity index (χ3n) is 4.76. The van der Waals surface area contributed by atoms with Crippen LogP contribution in [0.25, 0.3) is 0 Å². The van der Waals surface area contributed by atoms with Gasteiger partial charge in [0, 0.05) is 0 Å². The van der Waals surface area contributed by atoms with Crippen LogP contribution in [0.1, 0.15) is 0 Å². The van der Waals surface area contributed by atoms with E-state index in [-0.39, 0.29) is 11.6 Å². The summed E-state index contributed by atoms with van der Waals surface area (Å²) in [6.07, 6.45) is 0. The summed E-state index contributed by atoms with van der Waals surface area (Å²) in [6.45, 7) is 3.91. The number of anilines is 3. The van der Waals surface area contributed by atoms with Gasteiger partial charge in [-0.05, 0) is 36.5 Å². The molecule has 1 aromatic heterocycles. The van der Waals surface area contributed by atoms with Gasteiger partial charge >= 0.3 is 0 Å². The van der Waals surface area contributed by atoms with E-state index in [4.69, 9.17) is 12.2 Å². The molecule has 1 aliphatic heterocycles. The van der Waals surface area contributed by atoms with Crippen molar-refractivity contribution in [3.05, 3.63) is 64.1 Å². The van der Waals surface area contributed by atoms with Gasteiger partial charge in [0.15, 0.2) is 10.6 Å². The summed E-state index contributed by atoms with van der Waals surface area (Å²) in [7, 11) is 0. The summed E-state index contributed by atoms with van der Waals surface area (Å²) in [4.78, 5) is 3.40. The van der Waals surface area contributed by atoms with Gasteiger partial charge in [0.2, 0.25) is 5.13 Å². The van der Waals surface area contributed by atoms with Crippen molar-refractivity contribution in [2.24, 2.45) is 0 Å². The molecule has 0 bridgehead atoms. The predicted molar refractivity (Wildman–Crippen MR) is 110 cm³/mol. The number of aromatic nitrogens is 2. The molecule has 1 saturated heterocycles. The molecular weight excluding hydrogens is 400 g/mol. The molecule has 3 aromatic rings. The van der Waals surface area contributed by atoms with E-state index in [1.807, 2.05) is 12.1 Å². The number of piperazine rings is 1. The van der Waals surface area contributed by atoms with Gasteiger partial charge in [-0.15, -0.1) is 5.10 Å². The average Bonchev–Trinajstić information content (AvgIpc) is 3.04. The number of rotatable bonds is 5. The van der Waals surface area contributed by atoms with Crippen LogP contribution in [0.5, 0.6) is 0 Å². The van der Waals surface area contributed by atoms with Crippen LogP contribution in [0.3, 0.4) is 0 Å². The van der Waals surface area contributed by atoms with Crippen molar-refractivity contribution >= 4 is 40.1 Å². The lowest BCUT2D eigenvalue weighted by Gasteiger charge is -2.33. The van der Waals surface area contributed by atoms with Gasteiger partial charge < -0.3 is 15.1 Å². The van der Waals surface area contributed by atoms with Gasteiger partial charge in [-0.3, -0.25) is 0 Å². The first-order chi connectivity index (χ1) is 13.6. The van der Waals surface area contributed by atoms with E-state index in [0.717, 1.165) is 26.2 Å². The zero-order valence-electron chi connectivity index (χ0n) is 15.1. The molecule has 2 N–H and O–H groups in total. The fourth-order valence-electron chi connectivity index (χ4n) is 3.28. The number of benzene rings is 2. The van der Waals surface area contributed by atoms with Crippen LogP contribution in [0.2, 0.25) is 0 Å². The third kappa shape index (κ3) is 4.21. The molecule has 9 heteroatoms. The molecule has 146 valence electrons. The topological polar surface area (TPSA) is 37.5 Å². The van der Waals surface area contributed by atoms with Crippen molar-refractivity contribution < 1.29 is 13.7 Å². The molecular formula is C19H20F2N5S2+. The zero-order chi connectivity index (χ0) is 19.5. The van der Waals surface area contributed by atoms with Crippen LogP contribution < -0.4 is 15.1 Å². The molecule has 0 unspecified atom stereocenters. The Morgan fingerprint density at radius 1 is 1.04 bits per heavy atom. The van der Waals surface area contributed by atoms with E-state index in [9.17, 15) is 8.78 Å². The molecule has 1 fully saturated rings. The van der Waals surface area contributed by atoms with E-state index in [2.05, 4.69) is 15.3 Å². The minimum absolute atomic E-state index is 0.184. The molecule has 2 aromatic carbocycles. The van der Waals surface area contributed by atoms with E-state index in [1.165, 1.54) is 28.4 Å². The first-order valence-corrected chi connectivity index (χ1v) is 10.2. The molecule has 28 heavy (non-hydrogen) atoms. The van der Waals surface area contributed by atoms with E-state index >= 15 is 0 Å². The molecule has 1 aliphatic rings. The second kappa shape index (κ2) is 8.34. The Bertz CT molecular complexity index is 1010. The Kier molecular flexibility index (Phi) is 5.65. The molecule has 0 atom stereocenters. The minimum Gasteiger partial charge on any atom is -0.358 e.